The third kappa shape index (κ3) is 5.15. The highest BCUT2D eigenvalue weighted by Crippen LogP contribution is 2.28. The van der Waals surface area contributed by atoms with E-state index in [0.29, 0.717) is 13.0 Å². The van der Waals surface area contributed by atoms with Crippen LogP contribution in [0.2, 0.25) is 0 Å². The lowest BCUT2D eigenvalue weighted by atomic mass is 10.1. The monoisotopic (exact) mass is 345 g/mol. The van der Waals surface area contributed by atoms with Gasteiger partial charge in [0.15, 0.2) is 12.6 Å². The van der Waals surface area contributed by atoms with E-state index in [9.17, 15) is 10.2 Å². The van der Waals surface area contributed by atoms with Crippen LogP contribution in [0.4, 0.5) is 0 Å². The molecule has 0 saturated carbocycles. The van der Waals surface area contributed by atoms with Crippen molar-refractivity contribution in [1.29, 1.82) is 0 Å². The number of aliphatic hydroxyl groups excluding tert-OH is 2. The Morgan fingerprint density at radius 3 is 2.71 bits per heavy atom. The average molecular weight is 345 g/mol. The summed E-state index contributed by atoms with van der Waals surface area (Å²) in [5, 5.41) is 23.1. The minimum absolute atomic E-state index is 0.153. The zero-order chi connectivity index (χ0) is 17.5. The van der Waals surface area contributed by atoms with Crippen molar-refractivity contribution in [1.82, 2.24) is 5.32 Å². The Morgan fingerprint density at radius 2 is 2.12 bits per heavy atom. The quantitative estimate of drug-likeness (QED) is 0.512. The van der Waals surface area contributed by atoms with Gasteiger partial charge in [-0.2, -0.15) is 0 Å². The molecule has 0 aromatic heterocycles. The lowest BCUT2D eigenvalue weighted by Gasteiger charge is -2.46. The molecule has 2 heterocycles. The Labute approximate surface area is 143 Å². The van der Waals surface area contributed by atoms with Gasteiger partial charge in [-0.15, -0.1) is 0 Å². The number of hydrogen-bond donors (Lipinski definition) is 3. The predicted molar refractivity (Wildman–Crippen MR) is 88.2 cm³/mol. The van der Waals surface area contributed by atoms with Crippen molar-refractivity contribution in [3.8, 4) is 0 Å². The Morgan fingerprint density at radius 1 is 1.33 bits per heavy atom. The van der Waals surface area contributed by atoms with Crippen LogP contribution in [-0.4, -0.2) is 67.0 Å². The maximum atomic E-state index is 10.4. The third-order valence-electron chi connectivity index (χ3n) is 4.26. The first-order valence-electron chi connectivity index (χ1n) is 8.86. The number of fused-ring (bicyclic) bond motifs is 1. The molecule has 0 radical (unpaired) electrons. The molecular formula is C17H31NO6. The largest absolute Gasteiger partial charge is 0.393 e. The Bertz CT molecular complexity index is 393. The fourth-order valence-corrected chi connectivity index (χ4v) is 2.84. The molecular weight excluding hydrogens is 314 g/mol. The van der Waals surface area contributed by atoms with Gasteiger partial charge >= 0.3 is 0 Å². The van der Waals surface area contributed by atoms with Gasteiger partial charge in [-0.05, 0) is 12.8 Å². The van der Waals surface area contributed by atoms with Crippen molar-refractivity contribution in [3.63, 3.8) is 0 Å². The summed E-state index contributed by atoms with van der Waals surface area (Å²) in [5.74, 6) is 0. The summed E-state index contributed by atoms with van der Waals surface area (Å²) in [5.41, 5.74) is 0.883. The lowest BCUT2D eigenvalue weighted by molar-refractivity contribution is -0.407. The molecule has 0 aromatic rings. The van der Waals surface area contributed by atoms with E-state index in [-0.39, 0.29) is 25.4 Å². The second-order valence-corrected chi connectivity index (χ2v) is 6.40. The smallest absolute Gasteiger partial charge is 0.186 e. The Hall–Kier alpha value is -0.700. The van der Waals surface area contributed by atoms with Crippen LogP contribution in [0.15, 0.2) is 12.3 Å². The van der Waals surface area contributed by atoms with Gasteiger partial charge in [0.2, 0.25) is 0 Å². The molecule has 140 valence electrons. The second-order valence-electron chi connectivity index (χ2n) is 6.40. The van der Waals surface area contributed by atoms with Gasteiger partial charge in [-0.1, -0.05) is 33.3 Å². The maximum absolute atomic E-state index is 10.4. The van der Waals surface area contributed by atoms with Crippen LogP contribution < -0.4 is 5.32 Å². The maximum Gasteiger partial charge on any atom is 0.186 e. The number of allylic oxidation sites excluding steroid dienone is 1. The van der Waals surface area contributed by atoms with Crippen molar-refractivity contribution >= 4 is 0 Å². The van der Waals surface area contributed by atoms with Crippen LogP contribution >= 0.6 is 0 Å². The molecule has 6 atom stereocenters. The molecule has 5 unspecified atom stereocenters. The van der Waals surface area contributed by atoms with E-state index in [0.717, 1.165) is 25.0 Å². The van der Waals surface area contributed by atoms with Crippen LogP contribution in [0.25, 0.3) is 0 Å². The van der Waals surface area contributed by atoms with Crippen LogP contribution in [0.1, 0.15) is 39.5 Å². The van der Waals surface area contributed by atoms with Crippen LogP contribution in [0.5, 0.6) is 0 Å². The minimum Gasteiger partial charge on any atom is -0.393 e. The van der Waals surface area contributed by atoms with Crippen LogP contribution in [0.3, 0.4) is 0 Å². The number of hydrogen-bond acceptors (Lipinski definition) is 7. The molecule has 2 fully saturated rings. The molecule has 3 N–H and O–H groups in total. The highest BCUT2D eigenvalue weighted by molar-refractivity contribution is 4.95. The predicted octanol–water partition coefficient (Wildman–Crippen LogP) is 0.895. The summed E-state index contributed by atoms with van der Waals surface area (Å²) in [4.78, 5) is 0. The summed E-state index contributed by atoms with van der Waals surface area (Å²) < 4.78 is 22.4. The van der Waals surface area contributed by atoms with E-state index >= 15 is 0 Å². The topological polar surface area (TPSA) is 89.4 Å². The molecule has 24 heavy (non-hydrogen) atoms. The fraction of sp³-hybridized carbons (Fsp3) is 0.882. The summed E-state index contributed by atoms with van der Waals surface area (Å²) >= 11 is 0. The summed E-state index contributed by atoms with van der Waals surface area (Å²) in [6.45, 7) is 8.60. The van der Waals surface area contributed by atoms with Crippen molar-refractivity contribution in [2.45, 2.75) is 76.5 Å². The van der Waals surface area contributed by atoms with Gasteiger partial charge in [0, 0.05) is 5.70 Å². The molecule has 0 aliphatic carbocycles. The molecule has 2 aliphatic rings. The summed E-state index contributed by atoms with van der Waals surface area (Å²) in [6.07, 6.45) is 1.02. The second kappa shape index (κ2) is 9.70. The first-order valence-corrected chi connectivity index (χ1v) is 8.86. The SMILES string of the molecule is C=C(CCC)N[C@@H](COC1OC2COC2OC1CO)C(O)CCC. The number of aliphatic hydroxyl groups is 2. The highest BCUT2D eigenvalue weighted by Gasteiger charge is 2.45. The van der Waals surface area contributed by atoms with Gasteiger partial charge in [-0.25, -0.2) is 0 Å². The molecule has 0 aromatic carbocycles. The molecule has 2 aliphatic heterocycles. The van der Waals surface area contributed by atoms with Crippen molar-refractivity contribution in [2.75, 3.05) is 19.8 Å². The van der Waals surface area contributed by atoms with Crippen molar-refractivity contribution in [3.05, 3.63) is 12.3 Å². The van der Waals surface area contributed by atoms with Crippen LogP contribution in [0, 0.1) is 0 Å². The molecule has 2 saturated heterocycles. The van der Waals surface area contributed by atoms with Gasteiger partial charge in [0.1, 0.15) is 12.2 Å². The average Bonchev–Trinajstić information content (AvgIpc) is 2.54. The zero-order valence-corrected chi connectivity index (χ0v) is 14.6. The first kappa shape index (κ1) is 19.6. The number of rotatable bonds is 11. The summed E-state index contributed by atoms with van der Waals surface area (Å²) in [6, 6.07) is -0.276. The van der Waals surface area contributed by atoms with E-state index in [2.05, 4.69) is 18.8 Å². The molecule has 0 spiro atoms. The third-order valence-corrected chi connectivity index (χ3v) is 4.26. The molecule has 7 nitrogen and oxygen atoms in total. The highest BCUT2D eigenvalue weighted by atomic mass is 16.8. The summed E-state index contributed by atoms with van der Waals surface area (Å²) in [7, 11) is 0. The van der Waals surface area contributed by atoms with Crippen molar-refractivity contribution in [2.24, 2.45) is 0 Å². The van der Waals surface area contributed by atoms with Gasteiger partial charge in [-0.3, -0.25) is 0 Å². The van der Waals surface area contributed by atoms with E-state index < -0.39 is 24.8 Å². The fourth-order valence-electron chi connectivity index (χ4n) is 2.84. The molecule has 2 rings (SSSR count). The Kier molecular flexibility index (Phi) is 7.93. The van der Waals surface area contributed by atoms with Crippen LogP contribution in [-0.2, 0) is 18.9 Å². The van der Waals surface area contributed by atoms with E-state index in [4.69, 9.17) is 18.9 Å². The van der Waals surface area contributed by atoms with Gasteiger partial charge in [0.25, 0.3) is 0 Å². The van der Waals surface area contributed by atoms with E-state index in [1.165, 1.54) is 0 Å². The number of nitrogens with one attached hydrogen (secondary N) is 1. The van der Waals surface area contributed by atoms with E-state index in [1.54, 1.807) is 0 Å². The van der Waals surface area contributed by atoms with Gasteiger partial charge < -0.3 is 34.5 Å². The first-order chi connectivity index (χ1) is 11.6. The molecule has 7 heteroatoms. The number of ether oxygens (including phenoxy) is 4. The normalized spacial score (nSPS) is 31.7. The van der Waals surface area contributed by atoms with Gasteiger partial charge in [0.05, 0.1) is 32.0 Å². The lowest BCUT2D eigenvalue weighted by Crippen LogP contribution is -2.60. The molecule has 0 bridgehead atoms. The molecule has 0 amide bonds. The Balaban J connectivity index is 1.88. The van der Waals surface area contributed by atoms with Crippen molar-refractivity contribution < 1.29 is 29.2 Å². The van der Waals surface area contributed by atoms with E-state index in [1.807, 2.05) is 6.92 Å². The zero-order valence-electron chi connectivity index (χ0n) is 14.6. The standard InChI is InChI=1S/C17H31NO6/c1-4-6-11(3)18-12(13(20)7-5-2)9-21-16-14(8-19)23-17-15(24-16)10-22-17/h12-20H,3-10H2,1-2H3/t12-,13?,14?,15?,16?,17?/m0/s1. The minimum atomic E-state index is -0.669.